The first-order chi connectivity index (χ1) is 15.7. The highest BCUT2D eigenvalue weighted by Crippen LogP contribution is 2.26. The lowest BCUT2D eigenvalue weighted by molar-refractivity contribution is -0.138. The van der Waals surface area contributed by atoms with Crippen molar-refractivity contribution in [3.63, 3.8) is 0 Å². The van der Waals surface area contributed by atoms with E-state index in [1.54, 1.807) is 15.9 Å². The van der Waals surface area contributed by atoms with Crippen LogP contribution in [0.15, 0.2) is 46.7 Å². The number of hydrogen-bond donors (Lipinski definition) is 2. The molecule has 1 aromatic carbocycles. The summed E-state index contributed by atoms with van der Waals surface area (Å²) in [7, 11) is -3.79. The number of piperidine rings is 1. The molecule has 0 radical (unpaired) electrons. The van der Waals surface area contributed by atoms with E-state index < -0.39 is 16.1 Å². The number of benzene rings is 1. The maximum atomic E-state index is 13.1. The van der Waals surface area contributed by atoms with Crippen LogP contribution in [0.1, 0.15) is 35.4 Å². The van der Waals surface area contributed by atoms with Crippen molar-refractivity contribution in [2.75, 3.05) is 25.0 Å². The largest absolute Gasteiger partial charge is 0.341 e. The highest BCUT2D eigenvalue weighted by Gasteiger charge is 2.38. The summed E-state index contributed by atoms with van der Waals surface area (Å²) in [5.74, 6) is -0.557. The van der Waals surface area contributed by atoms with Gasteiger partial charge in [-0.2, -0.15) is 0 Å². The van der Waals surface area contributed by atoms with Crippen LogP contribution in [0.3, 0.4) is 0 Å². The molecule has 1 aromatic heterocycles. The molecule has 2 aliphatic heterocycles. The third-order valence-corrected chi connectivity index (χ3v) is 7.95. The molecule has 9 nitrogen and oxygen atoms in total. The molecule has 0 aliphatic carbocycles. The number of rotatable bonds is 5. The molecule has 2 aromatic rings. The van der Waals surface area contributed by atoms with Crippen molar-refractivity contribution in [2.24, 2.45) is 11.1 Å². The molecule has 0 saturated carbocycles. The Labute approximate surface area is 196 Å². The van der Waals surface area contributed by atoms with Gasteiger partial charge in [0, 0.05) is 31.2 Å². The maximum absolute atomic E-state index is 13.1. The van der Waals surface area contributed by atoms with Crippen LogP contribution in [0.25, 0.3) is 0 Å². The van der Waals surface area contributed by atoms with Crippen LogP contribution in [0.4, 0.5) is 5.69 Å². The lowest BCUT2D eigenvalue weighted by atomic mass is 9.95. The molecule has 2 fully saturated rings. The van der Waals surface area contributed by atoms with Crippen molar-refractivity contribution < 1.29 is 22.8 Å². The number of hydrogen-bond acceptors (Lipinski definition) is 6. The minimum atomic E-state index is -3.79. The summed E-state index contributed by atoms with van der Waals surface area (Å²) in [6, 6.07) is 8.84. The lowest BCUT2D eigenvalue weighted by Crippen LogP contribution is -2.50. The van der Waals surface area contributed by atoms with Crippen molar-refractivity contribution in [3.8, 4) is 0 Å². The van der Waals surface area contributed by atoms with Crippen molar-refractivity contribution in [2.45, 2.75) is 36.6 Å². The van der Waals surface area contributed by atoms with Crippen LogP contribution < -0.4 is 10.5 Å². The first-order valence-corrected chi connectivity index (χ1v) is 13.2. The van der Waals surface area contributed by atoms with E-state index in [0.717, 1.165) is 6.42 Å². The van der Waals surface area contributed by atoms with Gasteiger partial charge in [-0.05, 0) is 61.4 Å². The number of nitrogens with two attached hydrogens (primary N) is 1. The summed E-state index contributed by atoms with van der Waals surface area (Å²) in [5.41, 5.74) is 0.486. The predicted octanol–water partition coefficient (Wildman–Crippen LogP) is 1.88. The normalized spacial score (nSPS) is 19.5. The van der Waals surface area contributed by atoms with E-state index in [0.29, 0.717) is 49.5 Å². The quantitative estimate of drug-likeness (QED) is 0.661. The Bertz CT molecular complexity index is 1120. The van der Waals surface area contributed by atoms with Gasteiger partial charge in [0.15, 0.2) is 0 Å². The van der Waals surface area contributed by atoms with E-state index in [9.17, 15) is 22.8 Å². The first kappa shape index (κ1) is 23.4. The second-order valence-corrected chi connectivity index (χ2v) is 10.8. The Morgan fingerprint density at radius 1 is 1.00 bits per heavy atom. The molecule has 0 bridgehead atoms. The minimum absolute atomic E-state index is 0.0224. The number of amides is 3. The van der Waals surface area contributed by atoms with Gasteiger partial charge in [0.2, 0.25) is 21.8 Å². The Morgan fingerprint density at radius 3 is 2.30 bits per heavy atom. The van der Waals surface area contributed by atoms with E-state index in [1.807, 2.05) is 11.4 Å². The first-order valence-electron chi connectivity index (χ1n) is 10.8. The van der Waals surface area contributed by atoms with Gasteiger partial charge in [-0.1, -0.05) is 6.07 Å². The van der Waals surface area contributed by atoms with E-state index in [-0.39, 0.29) is 28.5 Å². The van der Waals surface area contributed by atoms with E-state index >= 15 is 0 Å². The molecule has 3 N–H and O–H groups in total. The molecule has 176 valence electrons. The van der Waals surface area contributed by atoms with Crippen LogP contribution in [0, 0.1) is 5.92 Å². The predicted molar refractivity (Wildman–Crippen MR) is 124 cm³/mol. The summed E-state index contributed by atoms with van der Waals surface area (Å²) in [6.07, 6.45) is 2.51. The average Bonchev–Trinajstić information content (AvgIpc) is 3.50. The van der Waals surface area contributed by atoms with E-state index in [2.05, 4.69) is 5.32 Å². The standard InChI is InChI=1S/C22H26N4O5S2/c23-33(30,31)17-7-5-16(6-8-17)24-20(27)15-9-12-25(13-10-15)21(28)18-3-1-11-26(18)22(29)19-4-2-14-32-19/h2,4-8,14-15,18H,1,3,9-13H2,(H,24,27)(H2,23,30,31)/t18-/m0/s1. The second-order valence-electron chi connectivity index (χ2n) is 8.29. The Morgan fingerprint density at radius 2 is 1.70 bits per heavy atom. The third-order valence-electron chi connectivity index (χ3n) is 6.16. The maximum Gasteiger partial charge on any atom is 0.264 e. The number of carbonyl (C=O) groups is 3. The zero-order valence-corrected chi connectivity index (χ0v) is 19.6. The van der Waals surface area contributed by atoms with Gasteiger partial charge < -0.3 is 15.1 Å². The molecule has 2 aliphatic rings. The molecule has 4 rings (SSSR count). The highest BCUT2D eigenvalue weighted by atomic mass is 32.2. The number of nitrogens with zero attached hydrogens (tertiary/aromatic N) is 2. The SMILES string of the molecule is NS(=O)(=O)c1ccc(NC(=O)C2CCN(C(=O)[C@@H]3CCCN3C(=O)c3cccs3)CC2)cc1. The van der Waals surface area contributed by atoms with Crippen LogP contribution >= 0.6 is 11.3 Å². The number of anilines is 1. The minimum Gasteiger partial charge on any atom is -0.341 e. The molecular formula is C22H26N4O5S2. The zero-order valence-electron chi connectivity index (χ0n) is 18.0. The smallest absolute Gasteiger partial charge is 0.264 e. The Kier molecular flexibility index (Phi) is 6.82. The van der Waals surface area contributed by atoms with Crippen LogP contribution in [-0.4, -0.2) is 61.6 Å². The number of sulfonamides is 1. The van der Waals surface area contributed by atoms with Crippen molar-refractivity contribution in [1.82, 2.24) is 9.80 Å². The summed E-state index contributed by atoms with van der Waals surface area (Å²) in [5, 5.41) is 9.74. The van der Waals surface area contributed by atoms with Gasteiger partial charge in [0.1, 0.15) is 6.04 Å². The summed E-state index contributed by atoms with van der Waals surface area (Å²) in [6.45, 7) is 1.49. The second kappa shape index (κ2) is 9.62. The fourth-order valence-electron chi connectivity index (χ4n) is 4.35. The fraction of sp³-hybridized carbons (Fsp3) is 0.409. The monoisotopic (exact) mass is 490 g/mol. The molecule has 3 amide bonds. The number of primary sulfonamides is 1. The fourth-order valence-corrected chi connectivity index (χ4v) is 5.55. The van der Waals surface area contributed by atoms with Gasteiger partial charge in [-0.25, -0.2) is 13.6 Å². The zero-order chi connectivity index (χ0) is 23.6. The highest BCUT2D eigenvalue weighted by molar-refractivity contribution is 7.89. The van der Waals surface area contributed by atoms with Crippen molar-refractivity contribution >= 4 is 44.8 Å². The molecule has 2 saturated heterocycles. The number of likely N-dealkylation sites (tertiary alicyclic amines) is 2. The Hall–Kier alpha value is -2.76. The number of nitrogens with one attached hydrogen (secondary N) is 1. The average molecular weight is 491 g/mol. The van der Waals surface area contributed by atoms with Crippen molar-refractivity contribution in [1.29, 1.82) is 0 Å². The lowest BCUT2D eigenvalue weighted by Gasteiger charge is -2.35. The van der Waals surface area contributed by atoms with Gasteiger partial charge in [0.05, 0.1) is 9.77 Å². The topological polar surface area (TPSA) is 130 Å². The van der Waals surface area contributed by atoms with E-state index in [4.69, 9.17) is 5.14 Å². The van der Waals surface area contributed by atoms with Gasteiger partial charge in [-0.15, -0.1) is 11.3 Å². The molecule has 0 unspecified atom stereocenters. The summed E-state index contributed by atoms with van der Waals surface area (Å²) in [4.78, 5) is 42.6. The van der Waals surface area contributed by atoms with E-state index in [1.165, 1.54) is 35.6 Å². The van der Waals surface area contributed by atoms with Crippen LogP contribution in [0.2, 0.25) is 0 Å². The van der Waals surface area contributed by atoms with Crippen LogP contribution in [-0.2, 0) is 19.6 Å². The van der Waals surface area contributed by atoms with Crippen molar-refractivity contribution in [3.05, 3.63) is 46.7 Å². The van der Waals surface area contributed by atoms with Gasteiger partial charge >= 0.3 is 0 Å². The number of thiophene rings is 1. The number of carbonyl (C=O) groups excluding carboxylic acids is 3. The molecule has 1 atom stereocenters. The Balaban J connectivity index is 1.31. The third kappa shape index (κ3) is 5.26. The molecule has 33 heavy (non-hydrogen) atoms. The van der Waals surface area contributed by atoms with Gasteiger partial charge in [-0.3, -0.25) is 14.4 Å². The van der Waals surface area contributed by atoms with Crippen LogP contribution in [0.5, 0.6) is 0 Å². The molecule has 11 heteroatoms. The molecule has 3 heterocycles. The summed E-state index contributed by atoms with van der Waals surface area (Å²) < 4.78 is 22.7. The molecule has 0 spiro atoms. The summed E-state index contributed by atoms with van der Waals surface area (Å²) >= 11 is 1.38. The molecular weight excluding hydrogens is 464 g/mol. The van der Waals surface area contributed by atoms with Gasteiger partial charge in [0.25, 0.3) is 5.91 Å².